The zero-order valence-electron chi connectivity index (χ0n) is 48.0. The number of aliphatic imine (C=N–C) groups is 1. The number of hydrogen-bond acceptors (Lipinski definition) is 21. The Balaban J connectivity index is 3.12. The summed E-state index contributed by atoms with van der Waals surface area (Å²) < 4.78 is 0. The van der Waals surface area contributed by atoms with Crippen LogP contribution in [0.2, 0.25) is 0 Å². The molecule has 86 heavy (non-hydrogen) atoms. The Morgan fingerprint density at radius 2 is 1.00 bits per heavy atom. The van der Waals surface area contributed by atoms with Gasteiger partial charge in [0.15, 0.2) is 5.96 Å². The Morgan fingerprint density at radius 1 is 0.547 bits per heavy atom. The van der Waals surface area contributed by atoms with Crippen LogP contribution in [0.25, 0.3) is 0 Å². The number of carboxylic acid groups (broad SMARTS) is 1. The second-order valence-corrected chi connectivity index (χ2v) is 21.0. The number of carbonyl (C=O) groups is 15. The van der Waals surface area contributed by atoms with Crippen LogP contribution in [0.5, 0.6) is 0 Å². The number of carbonyl (C=O) groups excluding carboxylic acids is 14. The minimum absolute atomic E-state index is 0.0261. The number of nitrogens with two attached hydrogens (primary N) is 6. The second-order valence-electron chi connectivity index (χ2n) is 20.3. The average molecular weight is 1260 g/mol. The van der Waals surface area contributed by atoms with Gasteiger partial charge in [-0.2, -0.15) is 25.3 Å². The Labute approximate surface area is 504 Å². The zero-order chi connectivity index (χ0) is 65.9. The Hall–Kier alpha value is -8.10. The molecule has 1 rings (SSSR count). The van der Waals surface area contributed by atoms with E-state index in [4.69, 9.17) is 34.4 Å². The molecule has 36 nitrogen and oxygen atoms in total. The number of thiol groups is 2. The fraction of sp³-hybridized carbons (Fsp3) is 0.667. The van der Waals surface area contributed by atoms with E-state index in [2.05, 4.69) is 83.4 Å². The van der Waals surface area contributed by atoms with Crippen molar-refractivity contribution >= 4 is 120 Å². The molecule has 1 heterocycles. The maximum atomic E-state index is 13.8. The first kappa shape index (κ1) is 75.9. The number of hydrogen-bond donors (Lipinski definition) is 21. The molecule has 0 aromatic heterocycles. The number of rotatable bonds is 38. The molecule has 0 aliphatic carbocycles. The first-order chi connectivity index (χ1) is 40.1. The minimum atomic E-state index is -1.90. The predicted molar refractivity (Wildman–Crippen MR) is 308 cm³/mol. The van der Waals surface area contributed by atoms with Crippen LogP contribution in [0.4, 0.5) is 0 Å². The Kier molecular flexibility index (Phi) is 33.0. The molecule has 0 bridgehead atoms. The molecular formula is C48H82N18O18S2. The van der Waals surface area contributed by atoms with E-state index in [0.717, 1.165) is 25.7 Å². The summed E-state index contributed by atoms with van der Waals surface area (Å²) in [6.45, 7) is 5.56. The fourth-order valence-electron chi connectivity index (χ4n) is 7.96. The highest BCUT2D eigenvalue weighted by Crippen LogP contribution is 2.18. The maximum Gasteiger partial charge on any atom is 0.326 e. The standard InChI is InChI=1S/C48H82N18O18S2/c1-19(2)34(45(81)57-20(3)37(73)64-36(22(5)68)46(82)60-25(14-31(51)70)39(75)62-27(17-85)41(77)58-24(47(83)84)8-6-12-55-48(53)54)63-40(76)26(15-32(52)71)59-43(79)29-9-7-13-66(29)33(72)16-56-44(80)35(21(4)67)65-42(78)28(18-86)61-38(74)23(49)10-11-30(50)69/h19-29,34-36,67-68,85-86H,6-18,49H2,1-5H3,(H2,50,69)(H2,51,70)(H2,52,71)(H,56,80)(H,57,81)(H,58,77)(H,59,79)(H,60,82)(H,61,74)(H,62,75)(H,63,76)(H,64,73)(H,65,78)(H,83,84)(H4,53,54,55)/t20-,21+,22+,23-,24-,25-,26-,27-,28-,29-,34-,35-,36-/m0/s1. The lowest BCUT2D eigenvalue weighted by atomic mass is 10.0. The van der Waals surface area contributed by atoms with Crippen molar-refractivity contribution in [1.29, 1.82) is 0 Å². The molecule has 0 radical (unpaired) electrons. The van der Waals surface area contributed by atoms with E-state index < -0.39 is 198 Å². The molecule has 0 saturated carbocycles. The third-order valence-corrected chi connectivity index (χ3v) is 13.5. The van der Waals surface area contributed by atoms with Crippen molar-refractivity contribution in [3.63, 3.8) is 0 Å². The summed E-state index contributed by atoms with van der Waals surface area (Å²) in [6.07, 6.45) is -5.06. The highest BCUT2D eigenvalue weighted by molar-refractivity contribution is 7.80. The molecule has 0 aromatic rings. The first-order valence-electron chi connectivity index (χ1n) is 26.8. The second kappa shape index (κ2) is 37.4. The number of amides is 14. The molecule has 0 spiro atoms. The van der Waals surface area contributed by atoms with Crippen molar-refractivity contribution in [2.24, 2.45) is 45.3 Å². The number of aliphatic hydroxyl groups excluding tert-OH is 2. The van der Waals surface area contributed by atoms with Gasteiger partial charge >= 0.3 is 5.97 Å². The number of aliphatic carboxylic acids is 1. The predicted octanol–water partition coefficient (Wildman–Crippen LogP) is -10.8. The SMILES string of the molecule is CC(C)[C@H](NC(=O)[C@H](CC(N)=O)NC(=O)[C@@H]1CCCN1C(=O)CNC(=O)[C@@H](NC(=O)[C@H](CS)NC(=O)[C@@H](N)CCC(N)=O)[C@@H](C)O)C(=O)N[C@@H](C)C(=O)N[C@H](C(=O)N[C@@H](CC(N)=O)C(=O)N[C@@H](CS)C(=O)N[C@@H](CCCN=C(N)N)C(=O)O)[C@@H](C)O. The van der Waals surface area contributed by atoms with E-state index in [1.807, 2.05) is 0 Å². The molecule has 1 aliphatic rings. The van der Waals surface area contributed by atoms with Gasteiger partial charge in [-0.3, -0.25) is 72.1 Å². The van der Waals surface area contributed by atoms with Gasteiger partial charge in [0.25, 0.3) is 0 Å². The molecular weight excluding hydrogens is 1180 g/mol. The molecule has 484 valence electrons. The monoisotopic (exact) mass is 1260 g/mol. The fourth-order valence-corrected chi connectivity index (χ4v) is 8.48. The summed E-state index contributed by atoms with van der Waals surface area (Å²) >= 11 is 8.08. The lowest BCUT2D eigenvalue weighted by Gasteiger charge is -2.29. The smallest absolute Gasteiger partial charge is 0.326 e. The van der Waals surface area contributed by atoms with Gasteiger partial charge in [0.2, 0.25) is 82.7 Å². The van der Waals surface area contributed by atoms with Gasteiger partial charge in [0, 0.05) is 31.0 Å². The molecule has 0 aromatic carbocycles. The van der Waals surface area contributed by atoms with E-state index in [1.54, 1.807) is 0 Å². The highest BCUT2D eigenvalue weighted by atomic mass is 32.1. The van der Waals surface area contributed by atoms with Crippen molar-refractivity contribution in [2.75, 3.05) is 31.1 Å². The summed E-state index contributed by atoms with van der Waals surface area (Å²) in [4.78, 5) is 199. The molecule has 0 unspecified atom stereocenters. The van der Waals surface area contributed by atoms with Crippen LogP contribution in [0.1, 0.15) is 86.0 Å². The third kappa shape index (κ3) is 26.4. The van der Waals surface area contributed by atoms with Gasteiger partial charge in [-0.25, -0.2) is 4.79 Å². The zero-order valence-corrected chi connectivity index (χ0v) is 49.8. The molecule has 13 atom stereocenters. The van der Waals surface area contributed by atoms with Crippen molar-refractivity contribution in [1.82, 2.24) is 58.1 Å². The molecule has 25 N–H and O–H groups in total. The average Bonchev–Trinajstić information content (AvgIpc) is 3.34. The quantitative estimate of drug-likeness (QED) is 0.0118. The van der Waals surface area contributed by atoms with Crippen molar-refractivity contribution in [2.45, 2.75) is 165 Å². The van der Waals surface area contributed by atoms with Crippen LogP contribution < -0.4 is 87.6 Å². The summed E-state index contributed by atoms with van der Waals surface area (Å²) in [6, 6.07) is -17.1. The van der Waals surface area contributed by atoms with Crippen molar-refractivity contribution < 1.29 is 87.2 Å². The number of nitrogens with one attached hydrogen (secondary N) is 10. The summed E-state index contributed by atoms with van der Waals surface area (Å²) in [5.41, 5.74) is 32.1. The summed E-state index contributed by atoms with van der Waals surface area (Å²) in [7, 11) is 0. The van der Waals surface area contributed by atoms with Gasteiger partial charge in [-0.05, 0) is 58.8 Å². The van der Waals surface area contributed by atoms with Crippen LogP contribution in [-0.4, -0.2) is 225 Å². The lowest BCUT2D eigenvalue weighted by molar-refractivity contribution is -0.142. The maximum absolute atomic E-state index is 13.8. The number of primary amides is 3. The van der Waals surface area contributed by atoms with Gasteiger partial charge in [-0.15, -0.1) is 0 Å². The topological polar surface area (TPSA) is 609 Å². The Bertz CT molecular complexity index is 2500. The lowest BCUT2D eigenvalue weighted by Crippen LogP contribution is -2.62. The van der Waals surface area contributed by atoms with Crippen LogP contribution >= 0.6 is 25.3 Å². The molecule has 14 amide bonds. The first-order valence-corrected chi connectivity index (χ1v) is 28.1. The van der Waals surface area contributed by atoms with E-state index in [0.29, 0.717) is 0 Å². The van der Waals surface area contributed by atoms with E-state index >= 15 is 0 Å². The largest absolute Gasteiger partial charge is 0.480 e. The molecule has 1 aliphatic heterocycles. The van der Waals surface area contributed by atoms with Crippen molar-refractivity contribution in [3.8, 4) is 0 Å². The minimum Gasteiger partial charge on any atom is -0.480 e. The van der Waals surface area contributed by atoms with Gasteiger partial charge in [0.05, 0.1) is 37.6 Å². The van der Waals surface area contributed by atoms with Gasteiger partial charge < -0.3 is 108 Å². The van der Waals surface area contributed by atoms with Crippen LogP contribution in [-0.2, 0) is 71.9 Å². The third-order valence-electron chi connectivity index (χ3n) is 12.7. The molecule has 1 fully saturated rings. The normalized spacial score (nSPS) is 17.0. The number of aliphatic hydroxyl groups is 2. The molecule has 38 heteroatoms. The van der Waals surface area contributed by atoms with Gasteiger partial charge in [-0.1, -0.05) is 13.8 Å². The van der Waals surface area contributed by atoms with E-state index in [-0.39, 0.29) is 63.3 Å². The number of nitrogens with zero attached hydrogens (tertiary/aromatic N) is 2. The summed E-state index contributed by atoms with van der Waals surface area (Å²) in [5.74, 6) is -17.5. The van der Waals surface area contributed by atoms with E-state index in [1.165, 1.54) is 13.8 Å². The van der Waals surface area contributed by atoms with Crippen molar-refractivity contribution in [3.05, 3.63) is 0 Å². The summed E-state index contributed by atoms with van der Waals surface area (Å²) in [5, 5.41) is 53.3. The Morgan fingerprint density at radius 3 is 1.50 bits per heavy atom. The molecule has 1 saturated heterocycles. The number of likely N-dealkylation sites (tertiary alicyclic amines) is 1. The van der Waals surface area contributed by atoms with Crippen LogP contribution in [0.3, 0.4) is 0 Å². The van der Waals surface area contributed by atoms with Crippen LogP contribution in [0, 0.1) is 5.92 Å². The highest BCUT2D eigenvalue weighted by Gasteiger charge is 2.40. The van der Waals surface area contributed by atoms with Crippen LogP contribution in [0.15, 0.2) is 4.99 Å². The number of guanidine groups is 1. The number of carboxylic acids is 1. The van der Waals surface area contributed by atoms with E-state index in [9.17, 15) is 87.2 Å². The van der Waals surface area contributed by atoms with Gasteiger partial charge in [0.1, 0.15) is 60.4 Å².